The van der Waals surface area contributed by atoms with Gasteiger partial charge in [-0.1, -0.05) is 22.5 Å². The summed E-state index contributed by atoms with van der Waals surface area (Å²) in [7, 11) is 0. The van der Waals surface area contributed by atoms with Gasteiger partial charge in [-0.25, -0.2) is 14.5 Å². The van der Waals surface area contributed by atoms with Gasteiger partial charge in [0.15, 0.2) is 0 Å². The van der Waals surface area contributed by atoms with Gasteiger partial charge in [0, 0.05) is 17.2 Å². The first-order valence-corrected chi connectivity index (χ1v) is 10.2. The fraction of sp³-hybridized carbons (Fsp3) is 0.571. The van der Waals surface area contributed by atoms with Crippen molar-refractivity contribution in [2.45, 2.75) is 66.1 Å². The molecule has 0 aromatic carbocycles. The molecule has 29 heavy (non-hydrogen) atoms. The zero-order chi connectivity index (χ0) is 22.4. The minimum Gasteiger partial charge on any atom is -0.492 e. The summed E-state index contributed by atoms with van der Waals surface area (Å²) in [5.74, 6) is 0.421. The number of carbonyl (C=O) groups is 2. The number of pyridine rings is 1. The van der Waals surface area contributed by atoms with Crippen LogP contribution in [0.15, 0.2) is 23.3 Å². The predicted molar refractivity (Wildman–Crippen MR) is 115 cm³/mol. The second-order valence-electron chi connectivity index (χ2n) is 8.34. The van der Waals surface area contributed by atoms with E-state index in [2.05, 4.69) is 27.5 Å². The summed E-state index contributed by atoms with van der Waals surface area (Å²) in [6, 6.07) is 1.78. The first-order chi connectivity index (χ1) is 13.2. The number of imide groups is 1. The molecule has 0 aliphatic rings. The third-order valence-electron chi connectivity index (χ3n) is 3.39. The number of nitrogens with zero attached hydrogens (tertiary/aromatic N) is 2. The van der Waals surface area contributed by atoms with Crippen molar-refractivity contribution in [1.29, 1.82) is 0 Å². The molecule has 0 aliphatic heterocycles. The highest BCUT2D eigenvalue weighted by molar-refractivity contribution is 9.10. The lowest BCUT2D eigenvalue weighted by molar-refractivity contribution is 0.00170. The molecule has 1 heterocycles. The van der Waals surface area contributed by atoms with Gasteiger partial charge in [0.1, 0.15) is 22.7 Å². The molecule has 162 valence electrons. The lowest BCUT2D eigenvalue weighted by Crippen LogP contribution is -2.44. The third-order valence-corrected chi connectivity index (χ3v) is 4.14. The Morgan fingerprint density at radius 2 is 1.62 bits per heavy atom. The summed E-state index contributed by atoms with van der Waals surface area (Å²) in [5, 5.41) is 0. The molecule has 0 aliphatic carbocycles. The fourth-order valence-electron chi connectivity index (χ4n) is 2.30. The Morgan fingerprint density at radius 3 is 2.07 bits per heavy atom. The van der Waals surface area contributed by atoms with Crippen LogP contribution < -0.4 is 0 Å². The largest absolute Gasteiger partial charge is 0.492 e. The number of hydrogen-bond donors (Lipinski definition) is 0. The first-order valence-electron chi connectivity index (χ1n) is 9.44. The Labute approximate surface area is 181 Å². The summed E-state index contributed by atoms with van der Waals surface area (Å²) in [5.41, 5.74) is -0.168. The zero-order valence-corrected chi connectivity index (χ0v) is 19.9. The highest BCUT2D eigenvalue weighted by Gasteiger charge is 2.31. The number of aromatic nitrogens is 1. The van der Waals surface area contributed by atoms with Gasteiger partial charge < -0.3 is 14.2 Å². The monoisotopic (exact) mass is 470 g/mol. The maximum Gasteiger partial charge on any atom is 0.419 e. The second-order valence-corrected chi connectivity index (χ2v) is 9.19. The topological polar surface area (TPSA) is 78.0 Å². The molecule has 8 heteroatoms. The standard InChI is InChI=1S/C21H31BrN2O5/c1-9-27-14(2)17-15(16(22)10-12-23-17)11-13-24(18(25)28-20(3,4)5)19(26)29-21(6,7)8/h10,12H,2,9,11,13H2,1,3-8H3. The van der Waals surface area contributed by atoms with E-state index in [-0.39, 0.29) is 6.54 Å². The van der Waals surface area contributed by atoms with Crippen LogP contribution in [0.1, 0.15) is 59.7 Å². The van der Waals surface area contributed by atoms with E-state index in [1.165, 1.54) is 0 Å². The van der Waals surface area contributed by atoms with Crippen LogP contribution in [0.3, 0.4) is 0 Å². The number of halogens is 1. The minimum absolute atomic E-state index is 0.0422. The van der Waals surface area contributed by atoms with Crippen molar-refractivity contribution < 1.29 is 23.8 Å². The number of rotatable bonds is 6. The van der Waals surface area contributed by atoms with Crippen LogP contribution in [-0.4, -0.2) is 46.4 Å². The normalized spacial score (nSPS) is 11.6. The van der Waals surface area contributed by atoms with Crippen LogP contribution in [0.4, 0.5) is 9.59 Å². The highest BCUT2D eigenvalue weighted by Crippen LogP contribution is 2.25. The molecule has 0 radical (unpaired) electrons. The van der Waals surface area contributed by atoms with Gasteiger partial charge in [-0.3, -0.25) is 4.98 Å². The number of carbonyl (C=O) groups excluding carboxylic acids is 2. The van der Waals surface area contributed by atoms with Gasteiger partial charge in [0.2, 0.25) is 0 Å². The Morgan fingerprint density at radius 1 is 1.10 bits per heavy atom. The number of amides is 2. The Kier molecular flexibility index (Phi) is 8.68. The van der Waals surface area contributed by atoms with E-state index in [0.29, 0.717) is 24.5 Å². The van der Waals surface area contributed by atoms with Crippen molar-refractivity contribution in [2.24, 2.45) is 0 Å². The first kappa shape index (κ1) is 24.9. The molecule has 0 saturated carbocycles. The van der Waals surface area contributed by atoms with Crippen LogP contribution in [0.5, 0.6) is 0 Å². The van der Waals surface area contributed by atoms with Crippen molar-refractivity contribution >= 4 is 33.9 Å². The molecule has 0 spiro atoms. The molecule has 0 atom stereocenters. The van der Waals surface area contributed by atoms with Crippen LogP contribution >= 0.6 is 15.9 Å². The van der Waals surface area contributed by atoms with Crippen molar-refractivity contribution in [3.8, 4) is 0 Å². The van der Waals surface area contributed by atoms with Crippen LogP contribution in [0, 0.1) is 0 Å². The SMILES string of the molecule is C=C(OCC)c1nccc(Br)c1CCN(C(=O)OC(C)(C)C)C(=O)OC(C)(C)C. The third kappa shape index (κ3) is 8.43. The summed E-state index contributed by atoms with van der Waals surface area (Å²) in [6.45, 7) is 16.7. The van der Waals surface area contributed by atoms with Crippen molar-refractivity contribution in [3.63, 3.8) is 0 Å². The van der Waals surface area contributed by atoms with E-state index in [1.807, 2.05) is 6.92 Å². The molecular weight excluding hydrogens is 440 g/mol. The van der Waals surface area contributed by atoms with Crippen LogP contribution in [-0.2, 0) is 20.6 Å². The summed E-state index contributed by atoms with van der Waals surface area (Å²) >= 11 is 3.50. The average Bonchev–Trinajstić information content (AvgIpc) is 2.53. The molecular formula is C21H31BrN2O5. The van der Waals surface area contributed by atoms with Gasteiger partial charge in [0.25, 0.3) is 0 Å². The predicted octanol–water partition coefficient (Wildman–Crippen LogP) is 5.57. The van der Waals surface area contributed by atoms with Gasteiger partial charge in [0.05, 0.1) is 6.61 Å². The molecule has 0 bridgehead atoms. The summed E-state index contributed by atoms with van der Waals surface area (Å²) in [6.07, 6.45) is 0.412. The van der Waals surface area contributed by atoms with E-state index < -0.39 is 23.4 Å². The lowest BCUT2D eigenvalue weighted by atomic mass is 10.1. The lowest BCUT2D eigenvalue weighted by Gasteiger charge is -2.28. The molecule has 0 saturated heterocycles. The Balaban J connectivity index is 3.14. The summed E-state index contributed by atoms with van der Waals surface area (Å²) in [4.78, 5) is 30.6. The molecule has 1 aromatic heterocycles. The second kappa shape index (κ2) is 10.1. The van der Waals surface area contributed by atoms with Crippen molar-refractivity contribution in [3.05, 3.63) is 34.6 Å². The smallest absolute Gasteiger partial charge is 0.419 e. The Hall–Kier alpha value is -2.09. The minimum atomic E-state index is -0.767. The van der Waals surface area contributed by atoms with Gasteiger partial charge in [-0.15, -0.1) is 0 Å². The van der Waals surface area contributed by atoms with Crippen LogP contribution in [0.2, 0.25) is 0 Å². The fourth-order valence-corrected chi connectivity index (χ4v) is 2.81. The molecule has 2 amide bonds. The van der Waals surface area contributed by atoms with Gasteiger partial charge >= 0.3 is 12.2 Å². The molecule has 0 N–H and O–H groups in total. The zero-order valence-electron chi connectivity index (χ0n) is 18.3. The maximum absolute atomic E-state index is 12.6. The van der Waals surface area contributed by atoms with Crippen molar-refractivity contribution in [1.82, 2.24) is 9.88 Å². The molecule has 0 unspecified atom stereocenters. The van der Waals surface area contributed by atoms with Gasteiger partial charge in [-0.2, -0.15) is 0 Å². The quantitative estimate of drug-likeness (QED) is 0.505. The molecule has 0 fully saturated rings. The maximum atomic E-state index is 12.6. The highest BCUT2D eigenvalue weighted by atomic mass is 79.9. The van der Waals surface area contributed by atoms with E-state index in [9.17, 15) is 9.59 Å². The average molecular weight is 471 g/mol. The van der Waals surface area contributed by atoms with E-state index in [1.54, 1.807) is 53.8 Å². The molecule has 7 nitrogen and oxygen atoms in total. The molecule has 1 rings (SSSR count). The Bertz CT molecular complexity index is 722. The number of ether oxygens (including phenoxy) is 3. The van der Waals surface area contributed by atoms with Crippen molar-refractivity contribution in [2.75, 3.05) is 13.2 Å². The van der Waals surface area contributed by atoms with E-state index >= 15 is 0 Å². The van der Waals surface area contributed by atoms with E-state index in [0.717, 1.165) is 14.9 Å². The molecule has 1 aromatic rings. The van der Waals surface area contributed by atoms with Crippen LogP contribution in [0.25, 0.3) is 5.76 Å². The summed E-state index contributed by atoms with van der Waals surface area (Å²) < 4.78 is 17.0. The van der Waals surface area contributed by atoms with Gasteiger partial charge in [-0.05, 0) is 66.5 Å². The van der Waals surface area contributed by atoms with E-state index in [4.69, 9.17) is 14.2 Å². The number of hydrogen-bond acceptors (Lipinski definition) is 6.